The zero-order valence-corrected chi connectivity index (χ0v) is 18.8. The Labute approximate surface area is 187 Å². The van der Waals surface area contributed by atoms with Crippen LogP contribution in [0.1, 0.15) is 20.1 Å². The molecule has 0 spiro atoms. The molecule has 3 rings (SSSR count). The number of nitrogen functional groups attached to an aromatic ring is 1. The number of aromatic nitrogens is 4. The summed E-state index contributed by atoms with van der Waals surface area (Å²) in [5.41, 5.74) is 6.11. The first kappa shape index (κ1) is 24.7. The van der Waals surface area contributed by atoms with Crippen LogP contribution in [0.5, 0.6) is 0 Å². The molecule has 1 aliphatic rings. The first-order valence-electron chi connectivity index (χ1n) is 9.62. The number of hydrogen-bond acceptors (Lipinski definition) is 10. The van der Waals surface area contributed by atoms with Gasteiger partial charge in [0.25, 0.3) is 5.91 Å². The minimum absolute atomic E-state index is 0.00562. The van der Waals surface area contributed by atoms with Crippen LogP contribution < -0.4 is 5.73 Å². The molecule has 1 saturated heterocycles. The third-order valence-electron chi connectivity index (χ3n) is 5.04. The van der Waals surface area contributed by atoms with E-state index in [9.17, 15) is 29.4 Å². The van der Waals surface area contributed by atoms with E-state index >= 15 is 0 Å². The molecule has 1 aliphatic heterocycles. The summed E-state index contributed by atoms with van der Waals surface area (Å²) in [6, 6.07) is 0. The van der Waals surface area contributed by atoms with Gasteiger partial charge in [0.1, 0.15) is 23.8 Å². The predicted molar refractivity (Wildman–Crippen MR) is 110 cm³/mol. The van der Waals surface area contributed by atoms with E-state index in [0.29, 0.717) is 0 Å². The zero-order chi connectivity index (χ0) is 23.8. The van der Waals surface area contributed by atoms with Crippen LogP contribution >= 0.6 is 19.2 Å². The summed E-state index contributed by atoms with van der Waals surface area (Å²) in [4.78, 5) is 44.7. The second kappa shape index (κ2) is 9.53. The van der Waals surface area contributed by atoms with Gasteiger partial charge < -0.3 is 40.1 Å². The maximum atomic E-state index is 12.5. The van der Waals surface area contributed by atoms with Crippen LogP contribution in [0.4, 0.5) is 5.82 Å². The van der Waals surface area contributed by atoms with Crippen molar-refractivity contribution in [3.8, 4) is 0 Å². The number of ether oxygens (including phenoxy) is 2. The third kappa shape index (κ3) is 4.72. The Hall–Kier alpha value is -1.90. The van der Waals surface area contributed by atoms with Gasteiger partial charge in [0.15, 0.2) is 17.7 Å². The fraction of sp³-hybridized carbons (Fsp3) is 0.625. The highest BCUT2D eigenvalue weighted by atomic mass is 35.5. The summed E-state index contributed by atoms with van der Waals surface area (Å²) in [7, 11) is -4.98. The summed E-state index contributed by atoms with van der Waals surface area (Å²) >= 11 is 5.83. The number of carbonyl (C=O) groups is 1. The number of rotatable bonds is 8. The van der Waals surface area contributed by atoms with Crippen molar-refractivity contribution in [3.05, 3.63) is 11.6 Å². The molecule has 1 amide bonds. The molecule has 0 aromatic carbocycles. The Kier molecular flexibility index (Phi) is 7.37. The van der Waals surface area contributed by atoms with Crippen LogP contribution in [-0.2, 0) is 18.8 Å². The summed E-state index contributed by atoms with van der Waals surface area (Å²) in [5, 5.41) is 20.7. The Balaban J connectivity index is 1.79. The molecule has 178 valence electrons. The molecule has 2 aromatic rings. The quantitative estimate of drug-likeness (QED) is 0.223. The van der Waals surface area contributed by atoms with Crippen molar-refractivity contribution in [3.63, 3.8) is 0 Å². The summed E-state index contributed by atoms with van der Waals surface area (Å²) < 4.78 is 24.0. The van der Waals surface area contributed by atoms with Gasteiger partial charge in [0, 0.05) is 13.1 Å². The van der Waals surface area contributed by atoms with Crippen LogP contribution in [0.3, 0.4) is 0 Å². The van der Waals surface area contributed by atoms with Crippen LogP contribution in [0.15, 0.2) is 6.33 Å². The van der Waals surface area contributed by atoms with E-state index in [1.807, 2.05) is 0 Å². The maximum absolute atomic E-state index is 12.5. The molecule has 16 heteroatoms. The van der Waals surface area contributed by atoms with E-state index in [1.54, 1.807) is 13.8 Å². The number of nitrogens with zero attached hydrogens (tertiary/aromatic N) is 5. The molecule has 0 radical (unpaired) electrons. The average Bonchev–Trinajstić information content (AvgIpc) is 3.24. The molecule has 32 heavy (non-hydrogen) atoms. The molecule has 0 aliphatic carbocycles. The number of nitrogens with two attached hydrogens (primary N) is 1. The second-order valence-electron chi connectivity index (χ2n) is 7.03. The molecular formula is C16H24ClN6O8P. The van der Waals surface area contributed by atoms with Crippen LogP contribution in [-0.4, -0.2) is 94.2 Å². The van der Waals surface area contributed by atoms with Gasteiger partial charge in [0.2, 0.25) is 11.1 Å². The van der Waals surface area contributed by atoms with E-state index < -0.39 is 50.5 Å². The molecule has 5 atom stereocenters. The van der Waals surface area contributed by atoms with Gasteiger partial charge in [-0.25, -0.2) is 4.98 Å². The first-order chi connectivity index (χ1) is 15.0. The number of aliphatic hydroxyl groups excluding tert-OH is 2. The van der Waals surface area contributed by atoms with Crippen molar-refractivity contribution in [2.45, 2.75) is 44.2 Å². The number of amides is 1. The molecule has 6 N–H and O–H groups in total. The lowest BCUT2D eigenvalue weighted by molar-refractivity contribution is -0.142. The van der Waals surface area contributed by atoms with Crippen molar-refractivity contribution in [1.82, 2.24) is 24.4 Å². The largest absolute Gasteiger partial charge is 0.387 e. The van der Waals surface area contributed by atoms with Gasteiger partial charge in [-0.1, -0.05) is 0 Å². The molecule has 14 nitrogen and oxygen atoms in total. The average molecular weight is 495 g/mol. The highest BCUT2D eigenvalue weighted by Gasteiger charge is 2.46. The fourth-order valence-electron chi connectivity index (χ4n) is 3.38. The van der Waals surface area contributed by atoms with Crippen LogP contribution in [0.2, 0.25) is 5.28 Å². The molecule has 0 bridgehead atoms. The number of anilines is 1. The SMILES string of the molecule is CCN(CC)C(=O)C(OCC1OC(n2cnc3c(N)nc(Cl)nc32)C(O)C1O)P(=O)(O)O. The highest BCUT2D eigenvalue weighted by molar-refractivity contribution is 7.53. The number of hydrogen-bond donors (Lipinski definition) is 5. The van der Waals surface area contributed by atoms with Gasteiger partial charge in [-0.05, 0) is 25.4 Å². The first-order valence-corrected chi connectivity index (χ1v) is 11.7. The summed E-state index contributed by atoms with van der Waals surface area (Å²) in [6.45, 7) is 3.17. The van der Waals surface area contributed by atoms with E-state index in [0.717, 1.165) is 0 Å². The highest BCUT2D eigenvalue weighted by Crippen LogP contribution is 2.43. The van der Waals surface area contributed by atoms with Crippen molar-refractivity contribution in [1.29, 1.82) is 0 Å². The number of fused-ring (bicyclic) bond motifs is 1. The van der Waals surface area contributed by atoms with E-state index in [4.69, 9.17) is 26.8 Å². The monoisotopic (exact) mass is 494 g/mol. The number of halogens is 1. The van der Waals surface area contributed by atoms with E-state index in [1.165, 1.54) is 15.8 Å². The van der Waals surface area contributed by atoms with Crippen molar-refractivity contribution < 1.29 is 38.8 Å². The number of likely N-dealkylation sites (N-methyl/N-ethyl adjacent to an activating group) is 1. The van der Waals surface area contributed by atoms with Gasteiger partial charge in [-0.15, -0.1) is 0 Å². The number of carbonyl (C=O) groups excluding carboxylic acids is 1. The molecule has 5 unspecified atom stereocenters. The number of imidazole rings is 1. The lowest BCUT2D eigenvalue weighted by Gasteiger charge is -2.26. The maximum Gasteiger partial charge on any atom is 0.363 e. The van der Waals surface area contributed by atoms with Gasteiger partial charge >= 0.3 is 7.60 Å². The minimum Gasteiger partial charge on any atom is -0.387 e. The lowest BCUT2D eigenvalue weighted by atomic mass is 10.1. The Bertz CT molecular complexity index is 1030. The van der Waals surface area contributed by atoms with Gasteiger partial charge in [-0.2, -0.15) is 9.97 Å². The molecule has 2 aromatic heterocycles. The Morgan fingerprint density at radius 2 is 2.00 bits per heavy atom. The van der Waals surface area contributed by atoms with Crippen molar-refractivity contribution in [2.24, 2.45) is 0 Å². The van der Waals surface area contributed by atoms with E-state index in [-0.39, 0.29) is 35.4 Å². The van der Waals surface area contributed by atoms with Gasteiger partial charge in [0.05, 0.1) is 12.9 Å². The second-order valence-corrected chi connectivity index (χ2v) is 9.02. The lowest BCUT2D eigenvalue weighted by Crippen LogP contribution is -2.42. The fourth-order valence-corrected chi connectivity index (χ4v) is 4.29. The molecule has 1 fully saturated rings. The van der Waals surface area contributed by atoms with Crippen LogP contribution in [0.25, 0.3) is 11.2 Å². The van der Waals surface area contributed by atoms with E-state index in [2.05, 4.69) is 15.0 Å². The third-order valence-corrected chi connectivity index (χ3v) is 6.19. The van der Waals surface area contributed by atoms with Crippen molar-refractivity contribution in [2.75, 3.05) is 25.4 Å². The van der Waals surface area contributed by atoms with Crippen molar-refractivity contribution >= 4 is 42.1 Å². The molecule has 3 heterocycles. The zero-order valence-electron chi connectivity index (χ0n) is 17.1. The smallest absolute Gasteiger partial charge is 0.363 e. The topological polar surface area (TPSA) is 206 Å². The molecule has 0 saturated carbocycles. The Morgan fingerprint density at radius 3 is 2.59 bits per heavy atom. The summed E-state index contributed by atoms with van der Waals surface area (Å²) in [6.07, 6.45) is -4.14. The van der Waals surface area contributed by atoms with Crippen LogP contribution in [0, 0.1) is 0 Å². The number of aliphatic hydroxyl groups is 2. The Morgan fingerprint density at radius 1 is 1.34 bits per heavy atom. The van der Waals surface area contributed by atoms with Gasteiger partial charge in [-0.3, -0.25) is 13.9 Å². The minimum atomic E-state index is -4.98. The predicted octanol–water partition coefficient (Wildman–Crippen LogP) is -0.930. The normalized spacial score (nSPS) is 24.7. The summed E-state index contributed by atoms with van der Waals surface area (Å²) in [5.74, 6) is -2.96. The standard InChI is InChI=1S/C16H24ClN6O8P/c1-3-22(4-2)13(26)15(32(27,28)29)30-5-7-9(24)10(25)14(31-7)23-6-19-8-11(18)20-16(17)21-12(8)23/h6-7,9-10,14-15,24-25H,3-5H2,1-2H3,(H2,18,20,21)(H2,27,28,29). The molecular weight excluding hydrogens is 471 g/mol.